The van der Waals surface area contributed by atoms with Gasteiger partial charge in [0.15, 0.2) is 0 Å². The van der Waals surface area contributed by atoms with Gasteiger partial charge in [-0.1, -0.05) is 13.8 Å². The first kappa shape index (κ1) is 17.1. The number of hydrogen-bond donors (Lipinski definition) is 2. The van der Waals surface area contributed by atoms with Crippen LogP contribution in [0.3, 0.4) is 0 Å². The molecule has 0 radical (unpaired) electrons. The van der Waals surface area contributed by atoms with E-state index in [9.17, 15) is 14.7 Å². The molecule has 1 fully saturated rings. The van der Waals surface area contributed by atoms with Crippen molar-refractivity contribution in [1.29, 1.82) is 0 Å². The van der Waals surface area contributed by atoms with Gasteiger partial charge in [-0.25, -0.2) is 4.79 Å². The maximum Gasteiger partial charge on any atom is 0.317 e. The Morgan fingerprint density at radius 2 is 2.15 bits per heavy atom. The number of carbonyl (C=O) groups is 2. The van der Waals surface area contributed by atoms with E-state index in [2.05, 4.69) is 12.2 Å². The Morgan fingerprint density at radius 3 is 2.70 bits per heavy atom. The molecule has 0 aromatic heterocycles. The lowest BCUT2D eigenvalue weighted by Crippen LogP contribution is -2.53. The van der Waals surface area contributed by atoms with E-state index in [0.717, 1.165) is 17.9 Å². The van der Waals surface area contributed by atoms with Crippen LogP contribution in [0.1, 0.15) is 40.0 Å². The van der Waals surface area contributed by atoms with Gasteiger partial charge in [-0.3, -0.25) is 4.79 Å². The number of carbonyl (C=O) groups excluding carboxylic acids is 1. The van der Waals surface area contributed by atoms with Crippen molar-refractivity contribution < 1.29 is 14.7 Å². The van der Waals surface area contributed by atoms with Crippen LogP contribution in [0, 0.1) is 5.41 Å². The topological polar surface area (TPSA) is 69.6 Å². The summed E-state index contributed by atoms with van der Waals surface area (Å²) in [6.45, 7) is 6.92. The van der Waals surface area contributed by atoms with Crippen molar-refractivity contribution in [2.24, 2.45) is 5.41 Å². The van der Waals surface area contributed by atoms with Gasteiger partial charge in [0, 0.05) is 24.9 Å². The van der Waals surface area contributed by atoms with Crippen molar-refractivity contribution in [3.8, 4) is 0 Å². The zero-order valence-electron chi connectivity index (χ0n) is 12.6. The van der Waals surface area contributed by atoms with Crippen molar-refractivity contribution in [3.63, 3.8) is 0 Å². The molecule has 1 saturated heterocycles. The summed E-state index contributed by atoms with van der Waals surface area (Å²) in [5, 5.41) is 12.4. The molecule has 116 valence electrons. The minimum Gasteiger partial charge on any atom is -0.481 e. The molecule has 0 bridgehead atoms. The number of piperidine rings is 1. The molecule has 1 aliphatic heterocycles. The van der Waals surface area contributed by atoms with Gasteiger partial charge < -0.3 is 15.3 Å². The second-order valence-electron chi connectivity index (χ2n) is 5.47. The molecule has 2 atom stereocenters. The van der Waals surface area contributed by atoms with Crippen LogP contribution in [0.25, 0.3) is 0 Å². The Kier molecular flexibility index (Phi) is 6.65. The van der Waals surface area contributed by atoms with Crippen LogP contribution in [0.5, 0.6) is 0 Å². The molecule has 1 rings (SSSR count). The fourth-order valence-electron chi connectivity index (χ4n) is 2.56. The summed E-state index contributed by atoms with van der Waals surface area (Å²) in [6.07, 6.45) is 1.98. The normalized spacial score (nSPS) is 24.2. The number of carboxylic acid groups (broad SMARTS) is 1. The van der Waals surface area contributed by atoms with Crippen LogP contribution in [-0.4, -0.2) is 52.6 Å². The molecular weight excluding hydrogens is 276 g/mol. The van der Waals surface area contributed by atoms with Gasteiger partial charge in [-0.2, -0.15) is 11.8 Å². The van der Waals surface area contributed by atoms with E-state index in [0.29, 0.717) is 25.9 Å². The number of carboxylic acids is 1. The standard InChI is InChI=1S/C14H26N2O3S/c1-4-14(12(17)18)7-6-8-16(10-14)13(19)15-11(3)9-20-5-2/h11H,4-10H2,1-3H3,(H,15,19)(H,17,18). The summed E-state index contributed by atoms with van der Waals surface area (Å²) in [5.74, 6) is 1.13. The summed E-state index contributed by atoms with van der Waals surface area (Å²) < 4.78 is 0. The van der Waals surface area contributed by atoms with Crippen molar-refractivity contribution in [2.45, 2.75) is 46.1 Å². The molecule has 6 heteroatoms. The Balaban J connectivity index is 2.58. The quantitative estimate of drug-likeness (QED) is 0.790. The van der Waals surface area contributed by atoms with Crippen molar-refractivity contribution >= 4 is 23.8 Å². The summed E-state index contributed by atoms with van der Waals surface area (Å²) in [4.78, 5) is 25.3. The zero-order valence-corrected chi connectivity index (χ0v) is 13.5. The first-order chi connectivity index (χ1) is 9.45. The van der Waals surface area contributed by atoms with E-state index in [4.69, 9.17) is 0 Å². The van der Waals surface area contributed by atoms with E-state index in [1.807, 2.05) is 13.8 Å². The average molecular weight is 302 g/mol. The Labute approximate surface area is 125 Å². The number of hydrogen-bond acceptors (Lipinski definition) is 3. The summed E-state index contributed by atoms with van der Waals surface area (Å²) in [7, 11) is 0. The highest BCUT2D eigenvalue weighted by Crippen LogP contribution is 2.33. The number of urea groups is 1. The number of nitrogens with zero attached hydrogens (tertiary/aromatic N) is 1. The lowest BCUT2D eigenvalue weighted by atomic mass is 9.78. The smallest absolute Gasteiger partial charge is 0.317 e. The monoisotopic (exact) mass is 302 g/mol. The average Bonchev–Trinajstić information content (AvgIpc) is 2.44. The molecule has 0 aliphatic carbocycles. The second kappa shape index (κ2) is 7.76. The van der Waals surface area contributed by atoms with Gasteiger partial charge in [0.1, 0.15) is 0 Å². The number of amides is 2. The third-order valence-corrected chi connectivity index (χ3v) is 5.08. The fourth-order valence-corrected chi connectivity index (χ4v) is 3.23. The molecule has 2 amide bonds. The molecule has 20 heavy (non-hydrogen) atoms. The van der Waals surface area contributed by atoms with Gasteiger partial charge in [-0.05, 0) is 31.9 Å². The van der Waals surface area contributed by atoms with Gasteiger partial charge in [0.2, 0.25) is 0 Å². The fraction of sp³-hybridized carbons (Fsp3) is 0.857. The van der Waals surface area contributed by atoms with Crippen molar-refractivity contribution in [2.75, 3.05) is 24.6 Å². The van der Waals surface area contributed by atoms with Crippen molar-refractivity contribution in [1.82, 2.24) is 10.2 Å². The van der Waals surface area contributed by atoms with Crippen LogP contribution in [0.2, 0.25) is 0 Å². The third-order valence-electron chi connectivity index (χ3n) is 3.94. The largest absolute Gasteiger partial charge is 0.481 e. The molecule has 0 aromatic carbocycles. The third kappa shape index (κ3) is 4.30. The number of nitrogens with one attached hydrogen (secondary N) is 1. The molecule has 1 heterocycles. The molecule has 0 saturated carbocycles. The number of aliphatic carboxylic acids is 1. The van der Waals surface area contributed by atoms with Crippen LogP contribution in [0.4, 0.5) is 4.79 Å². The molecule has 2 N–H and O–H groups in total. The highest BCUT2D eigenvalue weighted by molar-refractivity contribution is 7.99. The van der Waals surface area contributed by atoms with Gasteiger partial charge in [0.05, 0.1) is 5.41 Å². The SMILES string of the molecule is CCSCC(C)NC(=O)N1CCCC(CC)(C(=O)O)C1. The molecule has 0 aromatic rings. The van der Waals surface area contributed by atoms with Crippen LogP contribution in [0.15, 0.2) is 0 Å². The molecule has 0 spiro atoms. The first-order valence-corrected chi connectivity index (χ1v) is 8.47. The maximum absolute atomic E-state index is 12.2. The molecule has 2 unspecified atom stereocenters. The van der Waals surface area contributed by atoms with Crippen LogP contribution in [-0.2, 0) is 4.79 Å². The second-order valence-corrected chi connectivity index (χ2v) is 6.79. The Bertz CT molecular complexity index is 351. The highest BCUT2D eigenvalue weighted by Gasteiger charge is 2.42. The van der Waals surface area contributed by atoms with Crippen LogP contribution < -0.4 is 5.32 Å². The van der Waals surface area contributed by atoms with E-state index in [1.54, 1.807) is 16.7 Å². The van der Waals surface area contributed by atoms with E-state index >= 15 is 0 Å². The summed E-state index contributed by atoms with van der Waals surface area (Å²) in [6, 6.07) is -0.0248. The minimum atomic E-state index is -0.785. The van der Waals surface area contributed by atoms with Gasteiger partial charge in [0.25, 0.3) is 0 Å². The lowest BCUT2D eigenvalue weighted by molar-refractivity contribution is -0.152. The van der Waals surface area contributed by atoms with Gasteiger partial charge >= 0.3 is 12.0 Å². The number of thioether (sulfide) groups is 1. The molecule has 5 nitrogen and oxygen atoms in total. The summed E-state index contributed by atoms with van der Waals surface area (Å²) >= 11 is 1.79. The highest BCUT2D eigenvalue weighted by atomic mass is 32.2. The number of rotatable bonds is 6. The Morgan fingerprint density at radius 1 is 1.45 bits per heavy atom. The van der Waals surface area contributed by atoms with Gasteiger partial charge in [-0.15, -0.1) is 0 Å². The predicted molar refractivity (Wildman–Crippen MR) is 82.2 cm³/mol. The predicted octanol–water partition coefficient (Wildman–Crippen LogP) is 2.41. The van der Waals surface area contributed by atoms with E-state index in [-0.39, 0.29) is 12.1 Å². The van der Waals surface area contributed by atoms with E-state index in [1.165, 1.54) is 0 Å². The minimum absolute atomic E-state index is 0.107. The Hall–Kier alpha value is -0.910. The molecule has 1 aliphatic rings. The van der Waals surface area contributed by atoms with Crippen molar-refractivity contribution in [3.05, 3.63) is 0 Å². The first-order valence-electron chi connectivity index (χ1n) is 7.31. The summed E-state index contributed by atoms with van der Waals surface area (Å²) in [5.41, 5.74) is -0.767. The van der Waals surface area contributed by atoms with Crippen LogP contribution >= 0.6 is 11.8 Å². The zero-order chi connectivity index (χ0) is 15.2. The number of likely N-dealkylation sites (tertiary alicyclic amines) is 1. The molecular formula is C14H26N2O3S. The maximum atomic E-state index is 12.2. The lowest BCUT2D eigenvalue weighted by Gasteiger charge is -2.39. The van der Waals surface area contributed by atoms with E-state index < -0.39 is 11.4 Å².